The number of aliphatic hydroxyl groups excluding tert-OH is 2. The van der Waals surface area contributed by atoms with Crippen LogP contribution in [-0.2, 0) is 4.79 Å². The Balaban J connectivity index is 4.00. The van der Waals surface area contributed by atoms with E-state index >= 15 is 0 Å². The summed E-state index contributed by atoms with van der Waals surface area (Å²) in [6.07, 6.45) is 2.25. The predicted molar refractivity (Wildman–Crippen MR) is 52.0 cm³/mol. The van der Waals surface area contributed by atoms with Crippen LogP contribution in [0.5, 0.6) is 0 Å². The number of hydrogen-bond acceptors (Lipinski definition) is 4. The molecule has 0 aromatic carbocycles. The molecule has 5 heteroatoms. The molecule has 4 N–H and O–H groups in total. The number of carboxylic acids is 1. The lowest BCUT2D eigenvalue weighted by Crippen LogP contribution is -2.46. The van der Waals surface area contributed by atoms with Crippen LogP contribution in [0.25, 0.3) is 0 Å². The minimum atomic E-state index is -0.939. The summed E-state index contributed by atoms with van der Waals surface area (Å²) in [4.78, 5) is 10.7. The molecule has 1 unspecified atom stereocenters. The van der Waals surface area contributed by atoms with Gasteiger partial charge >= 0.3 is 5.97 Å². The Labute approximate surface area is 83.8 Å². The van der Waals surface area contributed by atoms with Crippen molar-refractivity contribution in [2.45, 2.75) is 38.3 Å². The Bertz CT molecular complexity index is 159. The number of hydrogen-bond donors (Lipinski definition) is 4. The van der Waals surface area contributed by atoms with Gasteiger partial charge in [-0.2, -0.15) is 0 Å². The maximum Gasteiger partial charge on any atom is 0.320 e. The molecule has 0 fully saturated rings. The average Bonchev–Trinajstić information content (AvgIpc) is 2.18. The molecule has 0 amide bonds. The lowest BCUT2D eigenvalue weighted by atomic mass is 10.1. The summed E-state index contributed by atoms with van der Waals surface area (Å²) in [6.45, 7) is 1.47. The van der Waals surface area contributed by atoms with Gasteiger partial charge in [0.25, 0.3) is 0 Å². The van der Waals surface area contributed by atoms with Gasteiger partial charge in [0, 0.05) is 0 Å². The molecule has 0 aromatic rings. The first-order chi connectivity index (χ1) is 6.65. The summed E-state index contributed by atoms with van der Waals surface area (Å²) >= 11 is 0. The Hall–Kier alpha value is -0.650. The molecule has 0 radical (unpaired) electrons. The van der Waals surface area contributed by atoms with Crippen molar-refractivity contribution in [1.29, 1.82) is 0 Å². The minimum Gasteiger partial charge on any atom is -0.480 e. The van der Waals surface area contributed by atoms with Crippen LogP contribution in [0.4, 0.5) is 0 Å². The maximum absolute atomic E-state index is 10.7. The van der Waals surface area contributed by atoms with E-state index in [9.17, 15) is 4.79 Å². The Morgan fingerprint density at radius 2 is 1.93 bits per heavy atom. The van der Waals surface area contributed by atoms with Crippen LogP contribution in [0.2, 0.25) is 0 Å². The van der Waals surface area contributed by atoms with Gasteiger partial charge in [-0.1, -0.05) is 19.8 Å². The van der Waals surface area contributed by atoms with Gasteiger partial charge in [-0.3, -0.25) is 10.1 Å². The van der Waals surface area contributed by atoms with E-state index in [1.54, 1.807) is 0 Å². The SMILES string of the molecule is CCCCC(NC(CO)CO)C(=O)O. The third-order valence-electron chi connectivity index (χ3n) is 2.02. The molecule has 0 heterocycles. The first-order valence-electron chi connectivity index (χ1n) is 4.86. The Kier molecular flexibility index (Phi) is 7.37. The number of unbranched alkanes of at least 4 members (excludes halogenated alkanes) is 1. The first-order valence-corrected chi connectivity index (χ1v) is 4.86. The molecule has 84 valence electrons. The second-order valence-electron chi connectivity index (χ2n) is 3.26. The molecule has 14 heavy (non-hydrogen) atoms. The van der Waals surface area contributed by atoms with Crippen LogP contribution in [0.15, 0.2) is 0 Å². The fourth-order valence-electron chi connectivity index (χ4n) is 1.13. The van der Waals surface area contributed by atoms with Crippen molar-refractivity contribution in [3.05, 3.63) is 0 Å². The van der Waals surface area contributed by atoms with Gasteiger partial charge in [0.2, 0.25) is 0 Å². The van der Waals surface area contributed by atoms with Crippen LogP contribution in [0.3, 0.4) is 0 Å². The number of nitrogens with one attached hydrogen (secondary N) is 1. The van der Waals surface area contributed by atoms with E-state index in [1.807, 2.05) is 6.92 Å². The zero-order valence-electron chi connectivity index (χ0n) is 8.44. The van der Waals surface area contributed by atoms with Gasteiger partial charge < -0.3 is 15.3 Å². The van der Waals surface area contributed by atoms with Gasteiger partial charge in [-0.25, -0.2) is 0 Å². The van der Waals surface area contributed by atoms with Crippen LogP contribution in [-0.4, -0.2) is 46.6 Å². The smallest absolute Gasteiger partial charge is 0.320 e. The lowest BCUT2D eigenvalue weighted by molar-refractivity contribution is -0.140. The molecule has 0 aliphatic heterocycles. The largest absolute Gasteiger partial charge is 0.480 e. The molecule has 0 aliphatic rings. The van der Waals surface area contributed by atoms with Crippen molar-refractivity contribution in [2.75, 3.05) is 13.2 Å². The van der Waals surface area contributed by atoms with Crippen molar-refractivity contribution in [2.24, 2.45) is 0 Å². The highest BCUT2D eigenvalue weighted by Crippen LogP contribution is 2.01. The number of aliphatic hydroxyl groups is 2. The molecule has 0 rings (SSSR count). The van der Waals surface area contributed by atoms with Crippen LogP contribution < -0.4 is 5.32 Å². The van der Waals surface area contributed by atoms with Crippen molar-refractivity contribution >= 4 is 5.97 Å². The fourth-order valence-corrected chi connectivity index (χ4v) is 1.13. The molecule has 0 saturated heterocycles. The second-order valence-corrected chi connectivity index (χ2v) is 3.26. The van der Waals surface area contributed by atoms with Crippen molar-refractivity contribution < 1.29 is 20.1 Å². The molecular weight excluding hydrogens is 186 g/mol. The number of rotatable bonds is 8. The Morgan fingerprint density at radius 1 is 1.36 bits per heavy atom. The van der Waals surface area contributed by atoms with E-state index in [1.165, 1.54) is 0 Å². The summed E-state index contributed by atoms with van der Waals surface area (Å²) < 4.78 is 0. The van der Waals surface area contributed by atoms with E-state index in [2.05, 4.69) is 5.32 Å². The number of carboxylic acid groups (broad SMARTS) is 1. The lowest BCUT2D eigenvalue weighted by Gasteiger charge is -2.19. The van der Waals surface area contributed by atoms with Crippen LogP contribution in [0, 0.1) is 0 Å². The quantitative estimate of drug-likeness (QED) is 0.432. The van der Waals surface area contributed by atoms with E-state index in [4.69, 9.17) is 15.3 Å². The molecule has 1 atom stereocenters. The van der Waals surface area contributed by atoms with E-state index < -0.39 is 18.1 Å². The molecule has 5 nitrogen and oxygen atoms in total. The van der Waals surface area contributed by atoms with E-state index in [0.717, 1.165) is 12.8 Å². The number of aliphatic carboxylic acids is 1. The minimum absolute atomic E-state index is 0.258. The Morgan fingerprint density at radius 3 is 2.29 bits per heavy atom. The standard InChI is InChI=1S/C9H19NO4/c1-2-3-4-8(9(13)14)10-7(5-11)6-12/h7-8,10-12H,2-6H2,1H3,(H,13,14). The molecule has 0 aromatic heterocycles. The van der Waals surface area contributed by atoms with Gasteiger partial charge in [0.15, 0.2) is 0 Å². The highest BCUT2D eigenvalue weighted by Gasteiger charge is 2.19. The van der Waals surface area contributed by atoms with E-state index in [-0.39, 0.29) is 13.2 Å². The van der Waals surface area contributed by atoms with Crippen molar-refractivity contribution in [3.8, 4) is 0 Å². The number of carbonyl (C=O) groups is 1. The fraction of sp³-hybridized carbons (Fsp3) is 0.889. The highest BCUT2D eigenvalue weighted by molar-refractivity contribution is 5.73. The molecule has 0 spiro atoms. The summed E-state index contributed by atoms with van der Waals surface area (Å²) in [5.41, 5.74) is 0. The topological polar surface area (TPSA) is 89.8 Å². The molecule has 0 bridgehead atoms. The molecular formula is C9H19NO4. The third-order valence-corrected chi connectivity index (χ3v) is 2.02. The summed E-state index contributed by atoms with van der Waals surface area (Å²) in [6, 6.07) is -1.23. The van der Waals surface area contributed by atoms with Crippen LogP contribution >= 0.6 is 0 Å². The van der Waals surface area contributed by atoms with Crippen LogP contribution in [0.1, 0.15) is 26.2 Å². The van der Waals surface area contributed by atoms with E-state index in [0.29, 0.717) is 6.42 Å². The molecule has 0 aliphatic carbocycles. The zero-order valence-corrected chi connectivity index (χ0v) is 8.44. The first kappa shape index (κ1) is 13.4. The molecule has 0 saturated carbocycles. The van der Waals surface area contributed by atoms with Gasteiger partial charge in [-0.15, -0.1) is 0 Å². The zero-order chi connectivity index (χ0) is 11.0. The summed E-state index contributed by atoms with van der Waals surface area (Å²) in [5, 5.41) is 29.0. The predicted octanol–water partition coefficient (Wildman–Crippen LogP) is -0.427. The van der Waals surface area contributed by atoms with Crippen molar-refractivity contribution in [1.82, 2.24) is 5.32 Å². The third kappa shape index (κ3) is 5.16. The monoisotopic (exact) mass is 205 g/mol. The summed E-state index contributed by atoms with van der Waals surface area (Å²) in [5.74, 6) is -0.939. The maximum atomic E-state index is 10.7. The van der Waals surface area contributed by atoms with Gasteiger partial charge in [-0.05, 0) is 6.42 Å². The van der Waals surface area contributed by atoms with Crippen molar-refractivity contribution in [3.63, 3.8) is 0 Å². The average molecular weight is 205 g/mol. The highest BCUT2D eigenvalue weighted by atomic mass is 16.4. The second kappa shape index (κ2) is 7.73. The van der Waals surface area contributed by atoms with Gasteiger partial charge in [0.1, 0.15) is 6.04 Å². The van der Waals surface area contributed by atoms with Gasteiger partial charge in [0.05, 0.1) is 19.3 Å². The normalized spacial score (nSPS) is 13.1. The summed E-state index contributed by atoms with van der Waals surface area (Å²) in [7, 11) is 0.